The highest BCUT2D eigenvalue weighted by Crippen LogP contribution is 2.29. The molecule has 2 aromatic carbocycles. The summed E-state index contributed by atoms with van der Waals surface area (Å²) in [7, 11) is 0. The summed E-state index contributed by atoms with van der Waals surface area (Å²) < 4.78 is 0. The first kappa shape index (κ1) is 21.5. The number of hydrogen-bond acceptors (Lipinski definition) is 3. The summed E-state index contributed by atoms with van der Waals surface area (Å²) >= 11 is 0. The number of piperidine rings is 1. The predicted octanol–water partition coefficient (Wildman–Crippen LogP) is 4.60. The second-order valence-corrected chi connectivity index (χ2v) is 9.63. The molecule has 162 valence electrons. The molecule has 0 radical (unpaired) electrons. The molecule has 2 atom stereocenters. The van der Waals surface area contributed by atoms with Crippen LogP contribution >= 0.6 is 0 Å². The standard InChI is InChI=1S/C27H39N3/c1-22-19-30(20-23(2)28-22)21-24-13-16-29(17-14-24)18-15-27(25-9-5-3-6-10-25)26-11-7-4-8-12-26/h3-12,22-24,27-28H,13-21H2,1-2H3. The number of hydrogen-bond donors (Lipinski definition) is 1. The van der Waals surface area contributed by atoms with Gasteiger partial charge in [-0.25, -0.2) is 0 Å². The minimum Gasteiger partial charge on any atom is -0.309 e. The maximum atomic E-state index is 3.66. The molecule has 2 saturated heterocycles. The van der Waals surface area contributed by atoms with Crippen molar-refractivity contribution in [2.24, 2.45) is 5.92 Å². The largest absolute Gasteiger partial charge is 0.309 e. The van der Waals surface area contributed by atoms with Crippen molar-refractivity contribution in [1.82, 2.24) is 15.1 Å². The third kappa shape index (κ3) is 5.94. The van der Waals surface area contributed by atoms with Gasteiger partial charge in [-0.2, -0.15) is 0 Å². The molecule has 2 heterocycles. The molecule has 2 aromatic rings. The van der Waals surface area contributed by atoms with Gasteiger partial charge < -0.3 is 10.2 Å². The van der Waals surface area contributed by atoms with Gasteiger partial charge in [0, 0.05) is 37.6 Å². The molecule has 30 heavy (non-hydrogen) atoms. The first-order valence-corrected chi connectivity index (χ1v) is 12.0. The van der Waals surface area contributed by atoms with E-state index in [2.05, 4.69) is 89.6 Å². The molecule has 3 heteroatoms. The van der Waals surface area contributed by atoms with Crippen molar-refractivity contribution >= 4 is 0 Å². The van der Waals surface area contributed by atoms with Crippen molar-refractivity contribution in [3.8, 4) is 0 Å². The first-order valence-electron chi connectivity index (χ1n) is 12.0. The van der Waals surface area contributed by atoms with E-state index in [0.29, 0.717) is 18.0 Å². The van der Waals surface area contributed by atoms with Crippen molar-refractivity contribution in [1.29, 1.82) is 0 Å². The molecule has 4 rings (SSSR count). The molecule has 1 N–H and O–H groups in total. The van der Waals surface area contributed by atoms with Gasteiger partial charge in [0.05, 0.1) is 0 Å². The van der Waals surface area contributed by atoms with Crippen LogP contribution in [0.4, 0.5) is 0 Å². The highest BCUT2D eigenvalue weighted by atomic mass is 15.2. The fraction of sp³-hybridized carbons (Fsp3) is 0.556. The number of rotatable bonds is 7. The van der Waals surface area contributed by atoms with E-state index in [1.54, 1.807) is 0 Å². The average Bonchev–Trinajstić information content (AvgIpc) is 2.76. The fourth-order valence-electron chi connectivity index (χ4n) is 5.56. The summed E-state index contributed by atoms with van der Waals surface area (Å²) in [5, 5.41) is 3.66. The molecule has 2 aliphatic heterocycles. The maximum absolute atomic E-state index is 3.66. The van der Waals surface area contributed by atoms with Gasteiger partial charge in [-0.05, 0) is 69.8 Å². The van der Waals surface area contributed by atoms with E-state index in [9.17, 15) is 0 Å². The molecule has 0 aliphatic carbocycles. The highest BCUT2D eigenvalue weighted by Gasteiger charge is 2.26. The van der Waals surface area contributed by atoms with Crippen LogP contribution in [0.25, 0.3) is 0 Å². The summed E-state index contributed by atoms with van der Waals surface area (Å²) in [5.41, 5.74) is 2.89. The van der Waals surface area contributed by atoms with E-state index < -0.39 is 0 Å². The van der Waals surface area contributed by atoms with E-state index in [-0.39, 0.29) is 0 Å². The van der Waals surface area contributed by atoms with Crippen molar-refractivity contribution in [2.45, 2.75) is 51.1 Å². The van der Waals surface area contributed by atoms with Gasteiger partial charge in [-0.15, -0.1) is 0 Å². The van der Waals surface area contributed by atoms with Crippen LogP contribution in [0, 0.1) is 5.92 Å². The highest BCUT2D eigenvalue weighted by molar-refractivity contribution is 5.32. The Labute approximate surface area is 183 Å². The second-order valence-electron chi connectivity index (χ2n) is 9.63. The van der Waals surface area contributed by atoms with Crippen LogP contribution in [0.1, 0.15) is 50.2 Å². The number of benzene rings is 2. The van der Waals surface area contributed by atoms with Crippen LogP contribution in [-0.4, -0.2) is 61.2 Å². The van der Waals surface area contributed by atoms with E-state index in [1.807, 2.05) is 0 Å². The monoisotopic (exact) mass is 405 g/mol. The average molecular weight is 406 g/mol. The Kier molecular flexibility index (Phi) is 7.59. The fourth-order valence-corrected chi connectivity index (χ4v) is 5.56. The lowest BCUT2D eigenvalue weighted by Crippen LogP contribution is -2.55. The van der Waals surface area contributed by atoms with Crippen molar-refractivity contribution in [3.05, 3.63) is 71.8 Å². The van der Waals surface area contributed by atoms with Gasteiger partial charge in [0.1, 0.15) is 0 Å². The second kappa shape index (κ2) is 10.6. The summed E-state index contributed by atoms with van der Waals surface area (Å²) in [5.74, 6) is 1.37. The lowest BCUT2D eigenvalue weighted by Gasteiger charge is -2.40. The number of likely N-dealkylation sites (tertiary alicyclic amines) is 1. The van der Waals surface area contributed by atoms with Crippen LogP contribution in [0.3, 0.4) is 0 Å². The predicted molar refractivity (Wildman–Crippen MR) is 127 cm³/mol. The van der Waals surface area contributed by atoms with Gasteiger partial charge in [0.2, 0.25) is 0 Å². The number of piperazine rings is 1. The summed E-state index contributed by atoms with van der Waals surface area (Å²) in [6, 6.07) is 23.4. The van der Waals surface area contributed by atoms with Crippen LogP contribution in [-0.2, 0) is 0 Å². The molecule has 0 amide bonds. The zero-order valence-electron chi connectivity index (χ0n) is 18.8. The van der Waals surface area contributed by atoms with Gasteiger partial charge in [0.25, 0.3) is 0 Å². The molecule has 0 spiro atoms. The number of nitrogens with zero attached hydrogens (tertiary/aromatic N) is 2. The molecule has 0 aromatic heterocycles. The summed E-state index contributed by atoms with van der Waals surface area (Å²) in [4.78, 5) is 5.41. The lowest BCUT2D eigenvalue weighted by molar-refractivity contribution is 0.111. The van der Waals surface area contributed by atoms with E-state index in [0.717, 1.165) is 5.92 Å². The molecule has 3 nitrogen and oxygen atoms in total. The Bertz CT molecular complexity index is 690. The Morgan fingerprint density at radius 2 is 1.33 bits per heavy atom. The smallest absolute Gasteiger partial charge is 0.0169 e. The van der Waals surface area contributed by atoms with E-state index >= 15 is 0 Å². The molecule has 0 bridgehead atoms. The minimum absolute atomic E-state index is 0.494. The topological polar surface area (TPSA) is 18.5 Å². The summed E-state index contributed by atoms with van der Waals surface area (Å²) in [6.45, 7) is 12.1. The third-order valence-electron chi connectivity index (χ3n) is 6.99. The Morgan fingerprint density at radius 1 is 0.800 bits per heavy atom. The SMILES string of the molecule is CC1CN(CC2CCN(CCC(c3ccccc3)c3ccccc3)CC2)CC(C)N1. The molecule has 2 aliphatic rings. The van der Waals surface area contributed by atoms with Gasteiger partial charge in [-0.1, -0.05) is 60.7 Å². The maximum Gasteiger partial charge on any atom is 0.0169 e. The van der Waals surface area contributed by atoms with E-state index in [4.69, 9.17) is 0 Å². The third-order valence-corrected chi connectivity index (χ3v) is 6.99. The Morgan fingerprint density at radius 3 is 1.87 bits per heavy atom. The number of nitrogens with one attached hydrogen (secondary N) is 1. The van der Waals surface area contributed by atoms with Crippen molar-refractivity contribution in [3.63, 3.8) is 0 Å². The molecule has 2 fully saturated rings. The molecular formula is C27H39N3. The lowest BCUT2D eigenvalue weighted by atomic mass is 9.88. The quantitative estimate of drug-likeness (QED) is 0.726. The van der Waals surface area contributed by atoms with Gasteiger partial charge in [-0.3, -0.25) is 4.90 Å². The summed E-state index contributed by atoms with van der Waals surface area (Å²) in [6.07, 6.45) is 3.91. The van der Waals surface area contributed by atoms with Crippen molar-refractivity contribution < 1.29 is 0 Å². The van der Waals surface area contributed by atoms with Gasteiger partial charge >= 0.3 is 0 Å². The zero-order chi connectivity index (χ0) is 20.8. The van der Waals surface area contributed by atoms with Crippen molar-refractivity contribution in [2.75, 3.05) is 39.3 Å². The molecular weight excluding hydrogens is 366 g/mol. The van der Waals surface area contributed by atoms with Crippen LogP contribution in [0.15, 0.2) is 60.7 Å². The van der Waals surface area contributed by atoms with Crippen LogP contribution < -0.4 is 5.32 Å². The van der Waals surface area contributed by atoms with Crippen LogP contribution in [0.5, 0.6) is 0 Å². The first-order chi connectivity index (χ1) is 14.7. The Hall–Kier alpha value is -1.68. The normalized spacial score (nSPS) is 24.4. The zero-order valence-corrected chi connectivity index (χ0v) is 18.8. The Balaban J connectivity index is 1.28. The van der Waals surface area contributed by atoms with Gasteiger partial charge in [0.15, 0.2) is 0 Å². The molecule has 0 saturated carbocycles. The van der Waals surface area contributed by atoms with E-state index in [1.165, 1.54) is 69.7 Å². The molecule has 2 unspecified atom stereocenters. The van der Waals surface area contributed by atoms with Crippen LogP contribution in [0.2, 0.25) is 0 Å². The minimum atomic E-state index is 0.494.